The molecule has 1 N–H and O–H groups in total. The molecule has 0 aliphatic heterocycles. The van der Waals surface area contributed by atoms with Crippen molar-refractivity contribution < 1.29 is 13.2 Å². The van der Waals surface area contributed by atoms with Crippen LogP contribution in [0.5, 0.6) is 0 Å². The molecule has 0 bridgehead atoms. The summed E-state index contributed by atoms with van der Waals surface area (Å²) in [4.78, 5) is 16.2. The molecule has 4 rings (SSSR count). The number of halogens is 4. The van der Waals surface area contributed by atoms with Crippen LogP contribution in [0.3, 0.4) is 0 Å². The standard InChI is InChI=1S/C16H8ClF3N4O/c17-10-4-5-12-11(7-10)15(25)21-14-13(22-23-24(12)14)8-2-1-3-9(6-8)16(18,19)20/h1-7,23H. The van der Waals surface area contributed by atoms with E-state index in [9.17, 15) is 18.0 Å². The summed E-state index contributed by atoms with van der Waals surface area (Å²) in [6.07, 6.45) is -4.48. The molecule has 2 aromatic heterocycles. The maximum absolute atomic E-state index is 12.9. The van der Waals surface area contributed by atoms with Gasteiger partial charge >= 0.3 is 6.18 Å². The Balaban J connectivity index is 2.00. The van der Waals surface area contributed by atoms with Gasteiger partial charge in [-0.1, -0.05) is 23.7 Å². The average Bonchev–Trinajstić information content (AvgIpc) is 2.98. The van der Waals surface area contributed by atoms with Crippen molar-refractivity contribution in [3.63, 3.8) is 0 Å². The smallest absolute Gasteiger partial charge is 0.267 e. The van der Waals surface area contributed by atoms with Crippen molar-refractivity contribution in [1.29, 1.82) is 0 Å². The lowest BCUT2D eigenvalue weighted by molar-refractivity contribution is -0.137. The van der Waals surface area contributed by atoms with Gasteiger partial charge in [0.15, 0.2) is 5.65 Å². The van der Waals surface area contributed by atoms with E-state index in [1.807, 2.05) is 0 Å². The summed E-state index contributed by atoms with van der Waals surface area (Å²) in [6, 6.07) is 9.38. The minimum absolute atomic E-state index is 0.138. The minimum atomic E-state index is -4.48. The van der Waals surface area contributed by atoms with Crippen molar-refractivity contribution >= 4 is 28.2 Å². The van der Waals surface area contributed by atoms with Gasteiger partial charge in [0, 0.05) is 10.6 Å². The molecule has 0 amide bonds. The number of aromatic nitrogens is 4. The van der Waals surface area contributed by atoms with Crippen LogP contribution >= 0.6 is 11.6 Å². The Labute approximate surface area is 142 Å². The molecule has 0 atom stereocenters. The van der Waals surface area contributed by atoms with Crippen LogP contribution in [0.25, 0.3) is 27.8 Å². The fourth-order valence-electron chi connectivity index (χ4n) is 2.64. The van der Waals surface area contributed by atoms with Crippen molar-refractivity contribution in [2.45, 2.75) is 6.18 Å². The Morgan fingerprint density at radius 3 is 2.68 bits per heavy atom. The van der Waals surface area contributed by atoms with Gasteiger partial charge in [-0.3, -0.25) is 4.79 Å². The Kier molecular flexibility index (Phi) is 3.33. The van der Waals surface area contributed by atoms with E-state index in [4.69, 9.17) is 11.6 Å². The molecule has 0 fully saturated rings. The lowest BCUT2D eigenvalue weighted by Crippen LogP contribution is -2.10. The predicted octanol–water partition coefficient (Wildman–Crippen LogP) is 3.91. The second kappa shape index (κ2) is 5.32. The summed E-state index contributed by atoms with van der Waals surface area (Å²) in [7, 11) is 0. The van der Waals surface area contributed by atoms with Crippen molar-refractivity contribution in [3.05, 3.63) is 63.4 Å². The molecule has 4 aromatic rings. The Hall–Kier alpha value is -2.87. The highest BCUT2D eigenvalue weighted by Gasteiger charge is 2.30. The molecule has 126 valence electrons. The molecule has 0 aliphatic carbocycles. The Bertz CT molecular complexity index is 1180. The first-order chi connectivity index (χ1) is 11.8. The third kappa shape index (κ3) is 2.54. The Morgan fingerprint density at radius 1 is 1.12 bits per heavy atom. The van der Waals surface area contributed by atoms with E-state index >= 15 is 0 Å². The quantitative estimate of drug-likeness (QED) is 0.557. The van der Waals surface area contributed by atoms with Crippen LogP contribution in [-0.2, 0) is 6.18 Å². The molecule has 9 heteroatoms. The summed E-state index contributed by atoms with van der Waals surface area (Å²) < 4.78 is 40.2. The third-order valence-electron chi connectivity index (χ3n) is 3.79. The van der Waals surface area contributed by atoms with E-state index in [1.165, 1.54) is 22.7 Å². The van der Waals surface area contributed by atoms with E-state index in [0.29, 0.717) is 10.5 Å². The van der Waals surface area contributed by atoms with E-state index in [2.05, 4.69) is 15.3 Å². The fraction of sp³-hybridized carbons (Fsp3) is 0.0625. The molecule has 0 spiro atoms. The lowest BCUT2D eigenvalue weighted by Gasteiger charge is -2.07. The number of hydrogen-bond acceptors (Lipinski definition) is 3. The monoisotopic (exact) mass is 364 g/mol. The highest BCUT2D eigenvalue weighted by Crippen LogP contribution is 2.32. The van der Waals surface area contributed by atoms with Gasteiger partial charge in [-0.15, -0.1) is 0 Å². The van der Waals surface area contributed by atoms with Crippen molar-refractivity contribution in [2.24, 2.45) is 0 Å². The topological polar surface area (TPSA) is 63.0 Å². The first-order valence-corrected chi connectivity index (χ1v) is 7.46. The van der Waals surface area contributed by atoms with Gasteiger partial charge in [0.25, 0.3) is 5.56 Å². The number of fused-ring (bicyclic) bond motifs is 3. The first kappa shape index (κ1) is 15.6. The second-order valence-electron chi connectivity index (χ2n) is 5.38. The molecule has 0 radical (unpaired) electrons. The summed E-state index contributed by atoms with van der Waals surface area (Å²) in [5.74, 6) is 0. The summed E-state index contributed by atoms with van der Waals surface area (Å²) in [5.41, 5.74) is -0.369. The summed E-state index contributed by atoms with van der Waals surface area (Å²) >= 11 is 5.89. The SMILES string of the molecule is O=c1nc2c(-c3cccc(C(F)(F)F)c3)n[nH]n2c2ccc(Cl)cc12. The molecular formula is C16H8ClF3N4O. The van der Waals surface area contributed by atoms with Crippen LogP contribution in [0.1, 0.15) is 5.56 Å². The van der Waals surface area contributed by atoms with Gasteiger partial charge < -0.3 is 0 Å². The third-order valence-corrected chi connectivity index (χ3v) is 4.02. The van der Waals surface area contributed by atoms with Crippen LogP contribution in [0.15, 0.2) is 47.3 Å². The number of rotatable bonds is 1. The Morgan fingerprint density at radius 2 is 1.92 bits per heavy atom. The molecule has 5 nitrogen and oxygen atoms in total. The van der Waals surface area contributed by atoms with Crippen LogP contribution < -0.4 is 5.56 Å². The molecule has 0 unspecified atom stereocenters. The molecule has 25 heavy (non-hydrogen) atoms. The second-order valence-corrected chi connectivity index (χ2v) is 5.81. The predicted molar refractivity (Wildman–Crippen MR) is 86.6 cm³/mol. The molecular weight excluding hydrogens is 357 g/mol. The van der Waals surface area contributed by atoms with E-state index in [1.54, 1.807) is 12.1 Å². The van der Waals surface area contributed by atoms with Gasteiger partial charge in [0.05, 0.1) is 16.5 Å². The first-order valence-electron chi connectivity index (χ1n) is 7.08. The van der Waals surface area contributed by atoms with Crippen molar-refractivity contribution in [2.75, 3.05) is 0 Å². The number of aromatic amines is 1. The molecule has 0 saturated heterocycles. The molecule has 0 saturated carbocycles. The van der Waals surface area contributed by atoms with Gasteiger partial charge in [0.1, 0.15) is 5.69 Å². The molecule has 0 aliphatic rings. The number of nitrogens with zero attached hydrogens (tertiary/aromatic N) is 3. The van der Waals surface area contributed by atoms with Crippen molar-refractivity contribution in [1.82, 2.24) is 19.8 Å². The lowest BCUT2D eigenvalue weighted by atomic mass is 10.1. The maximum Gasteiger partial charge on any atom is 0.416 e. The van der Waals surface area contributed by atoms with Crippen molar-refractivity contribution in [3.8, 4) is 11.3 Å². The molecule has 2 heterocycles. The number of hydrogen-bond donors (Lipinski definition) is 1. The number of alkyl halides is 3. The normalized spacial score (nSPS) is 12.2. The van der Waals surface area contributed by atoms with Crippen LogP contribution in [0.2, 0.25) is 5.02 Å². The average molecular weight is 365 g/mol. The number of nitrogens with one attached hydrogen (secondary N) is 1. The van der Waals surface area contributed by atoms with E-state index in [0.717, 1.165) is 12.1 Å². The highest BCUT2D eigenvalue weighted by molar-refractivity contribution is 6.31. The van der Waals surface area contributed by atoms with Gasteiger partial charge in [-0.2, -0.15) is 23.3 Å². The minimum Gasteiger partial charge on any atom is -0.267 e. The largest absolute Gasteiger partial charge is 0.416 e. The van der Waals surface area contributed by atoms with Crippen LogP contribution in [0, 0.1) is 0 Å². The van der Waals surface area contributed by atoms with Gasteiger partial charge in [-0.25, -0.2) is 9.73 Å². The zero-order valence-electron chi connectivity index (χ0n) is 12.3. The van der Waals surface area contributed by atoms with Crippen LogP contribution in [0.4, 0.5) is 13.2 Å². The molecule has 2 aromatic carbocycles. The van der Waals surface area contributed by atoms with E-state index in [-0.39, 0.29) is 22.3 Å². The fourth-order valence-corrected chi connectivity index (χ4v) is 2.81. The van der Waals surface area contributed by atoms with Gasteiger partial charge in [-0.05, 0) is 30.3 Å². The summed E-state index contributed by atoms with van der Waals surface area (Å²) in [5, 5.41) is 7.37. The van der Waals surface area contributed by atoms with E-state index < -0.39 is 17.3 Å². The maximum atomic E-state index is 12.9. The highest BCUT2D eigenvalue weighted by atomic mass is 35.5. The number of benzene rings is 2. The van der Waals surface area contributed by atoms with Crippen LogP contribution in [-0.4, -0.2) is 19.8 Å². The summed E-state index contributed by atoms with van der Waals surface area (Å²) in [6.45, 7) is 0. The number of H-pyrrole nitrogens is 1. The van der Waals surface area contributed by atoms with Gasteiger partial charge in [0.2, 0.25) is 0 Å². The zero-order chi connectivity index (χ0) is 17.8. The zero-order valence-corrected chi connectivity index (χ0v) is 13.1.